The highest BCUT2D eigenvalue weighted by molar-refractivity contribution is 6.29. The Kier molecular flexibility index (Phi) is 9.97. The number of benzene rings is 2. The number of nitrogens with zero attached hydrogens (tertiary/aromatic N) is 10. The fraction of sp³-hybridized carbons (Fsp3) is 0.0857. The molecule has 0 radical (unpaired) electrons. The minimum absolute atomic E-state index is 0.147. The zero-order chi connectivity index (χ0) is 36.9. The first-order valence-electron chi connectivity index (χ1n) is 15.5. The number of hydrogen-bond acceptors (Lipinski definition) is 11. The van der Waals surface area contributed by atoms with Crippen LogP contribution in [0.2, 0.25) is 5.15 Å². The number of hydrogen-bond donors (Lipinski definition) is 0. The van der Waals surface area contributed by atoms with Gasteiger partial charge in [0.25, 0.3) is 5.88 Å². The normalized spacial score (nSPS) is 11.0. The molecule has 0 aliphatic carbocycles. The number of ether oxygens (including phenoxy) is 1. The van der Waals surface area contributed by atoms with E-state index in [9.17, 15) is 17.6 Å². The number of rotatable bonds is 9. The topological polar surface area (TPSA) is 148 Å². The maximum atomic E-state index is 14.1. The van der Waals surface area contributed by atoms with Gasteiger partial charge in [0.1, 0.15) is 46.9 Å². The molecule has 0 amide bonds. The SMILES string of the molecule is COc1nc(-c2cc(-c3ccon3)n(Cc3ccccc3F)n2)ncc1F.Fc1ccccc1Cn1nc(-c2ncc(F)c(Cl)n2)cc1-c1ccon1. The lowest BCUT2D eigenvalue weighted by Crippen LogP contribution is -2.06. The monoisotopic (exact) mass is 742 g/mol. The molecular formula is C35H23ClF4N10O3. The summed E-state index contributed by atoms with van der Waals surface area (Å²) in [6.07, 6.45) is 4.82. The lowest BCUT2D eigenvalue weighted by molar-refractivity contribution is 0.367. The van der Waals surface area contributed by atoms with Crippen LogP contribution in [0.1, 0.15) is 11.1 Å². The average Bonchev–Trinajstić information content (AvgIpc) is 4.00. The van der Waals surface area contributed by atoms with Crippen molar-refractivity contribution in [2.24, 2.45) is 0 Å². The number of halogens is 5. The highest BCUT2D eigenvalue weighted by Gasteiger charge is 2.20. The molecule has 0 atom stereocenters. The molecule has 0 spiro atoms. The predicted octanol–water partition coefficient (Wildman–Crippen LogP) is 7.31. The lowest BCUT2D eigenvalue weighted by atomic mass is 10.2. The van der Waals surface area contributed by atoms with Crippen molar-refractivity contribution in [2.45, 2.75) is 13.1 Å². The van der Waals surface area contributed by atoms with Crippen LogP contribution < -0.4 is 4.74 Å². The van der Waals surface area contributed by atoms with Gasteiger partial charge in [-0.1, -0.05) is 58.3 Å². The third-order valence-electron chi connectivity index (χ3n) is 7.58. The zero-order valence-corrected chi connectivity index (χ0v) is 28.0. The molecule has 0 saturated heterocycles. The summed E-state index contributed by atoms with van der Waals surface area (Å²) in [4.78, 5) is 15.8. The molecule has 18 heteroatoms. The summed E-state index contributed by atoms with van der Waals surface area (Å²) >= 11 is 5.72. The van der Waals surface area contributed by atoms with Crippen LogP contribution in [-0.4, -0.2) is 56.9 Å². The number of methoxy groups -OCH3 is 1. The van der Waals surface area contributed by atoms with Crippen LogP contribution in [0.4, 0.5) is 17.6 Å². The zero-order valence-electron chi connectivity index (χ0n) is 27.2. The average molecular weight is 743 g/mol. The van der Waals surface area contributed by atoms with E-state index in [1.54, 1.807) is 70.0 Å². The lowest BCUT2D eigenvalue weighted by Gasteiger charge is -2.06. The Hall–Kier alpha value is -6.75. The smallest absolute Gasteiger partial charge is 0.253 e. The first-order chi connectivity index (χ1) is 25.8. The Labute approximate surface area is 301 Å². The van der Waals surface area contributed by atoms with Gasteiger partial charge >= 0.3 is 0 Å². The van der Waals surface area contributed by atoms with Crippen molar-refractivity contribution in [3.05, 3.63) is 137 Å². The molecule has 0 N–H and O–H groups in total. The Balaban J connectivity index is 0.000000164. The van der Waals surface area contributed by atoms with Gasteiger partial charge in [0.05, 0.1) is 44.0 Å². The van der Waals surface area contributed by atoms with Crippen LogP contribution in [0, 0.1) is 23.3 Å². The minimum atomic E-state index is -0.724. The van der Waals surface area contributed by atoms with Gasteiger partial charge in [-0.05, 0) is 24.3 Å². The Morgan fingerprint density at radius 1 is 0.623 bits per heavy atom. The van der Waals surface area contributed by atoms with E-state index < -0.39 is 11.6 Å². The van der Waals surface area contributed by atoms with E-state index in [0.29, 0.717) is 45.3 Å². The van der Waals surface area contributed by atoms with E-state index in [4.69, 9.17) is 25.4 Å². The summed E-state index contributed by atoms with van der Waals surface area (Å²) in [6, 6.07) is 19.4. The highest BCUT2D eigenvalue weighted by atomic mass is 35.5. The van der Waals surface area contributed by atoms with Gasteiger partial charge in [-0.15, -0.1) is 0 Å². The summed E-state index contributed by atoms with van der Waals surface area (Å²) in [5.41, 5.74) is 3.78. The van der Waals surface area contributed by atoms with Gasteiger partial charge in [-0.2, -0.15) is 19.6 Å². The van der Waals surface area contributed by atoms with Crippen LogP contribution in [0.15, 0.2) is 107 Å². The molecule has 266 valence electrons. The van der Waals surface area contributed by atoms with Crippen LogP contribution >= 0.6 is 11.6 Å². The van der Waals surface area contributed by atoms with E-state index in [1.165, 1.54) is 31.8 Å². The molecule has 2 aromatic carbocycles. The van der Waals surface area contributed by atoms with Crippen molar-refractivity contribution < 1.29 is 31.3 Å². The molecule has 8 rings (SSSR count). The molecule has 6 heterocycles. The van der Waals surface area contributed by atoms with Crippen molar-refractivity contribution >= 4 is 11.6 Å². The molecular weight excluding hydrogens is 720 g/mol. The van der Waals surface area contributed by atoms with E-state index in [1.807, 2.05) is 0 Å². The van der Waals surface area contributed by atoms with Gasteiger partial charge in [0, 0.05) is 23.3 Å². The van der Waals surface area contributed by atoms with Crippen LogP contribution in [-0.2, 0) is 13.1 Å². The van der Waals surface area contributed by atoms with Crippen LogP contribution in [0.3, 0.4) is 0 Å². The van der Waals surface area contributed by atoms with Crippen molar-refractivity contribution in [2.75, 3.05) is 7.11 Å². The van der Waals surface area contributed by atoms with E-state index in [0.717, 1.165) is 12.4 Å². The molecule has 6 aromatic heterocycles. The van der Waals surface area contributed by atoms with Crippen LogP contribution in [0.25, 0.3) is 45.8 Å². The summed E-state index contributed by atoms with van der Waals surface area (Å²) in [7, 11) is 1.31. The third kappa shape index (κ3) is 7.64. The van der Waals surface area contributed by atoms with Crippen molar-refractivity contribution in [3.63, 3.8) is 0 Å². The maximum Gasteiger partial charge on any atom is 0.253 e. The fourth-order valence-electron chi connectivity index (χ4n) is 5.06. The van der Waals surface area contributed by atoms with E-state index in [-0.39, 0.29) is 47.4 Å². The third-order valence-corrected chi connectivity index (χ3v) is 7.85. The molecule has 0 unspecified atom stereocenters. The Morgan fingerprint density at radius 2 is 1.11 bits per heavy atom. The Bertz CT molecular complexity index is 2490. The van der Waals surface area contributed by atoms with E-state index in [2.05, 4.69) is 40.4 Å². The van der Waals surface area contributed by atoms with Gasteiger partial charge in [0.2, 0.25) is 5.82 Å². The molecule has 8 aromatic rings. The van der Waals surface area contributed by atoms with Gasteiger partial charge in [0.15, 0.2) is 22.6 Å². The fourth-order valence-corrected chi connectivity index (χ4v) is 5.19. The van der Waals surface area contributed by atoms with Gasteiger partial charge < -0.3 is 13.8 Å². The second-order valence-corrected chi connectivity index (χ2v) is 11.3. The first-order valence-corrected chi connectivity index (χ1v) is 15.8. The second-order valence-electron chi connectivity index (χ2n) is 11.0. The van der Waals surface area contributed by atoms with E-state index >= 15 is 0 Å². The predicted molar refractivity (Wildman–Crippen MR) is 180 cm³/mol. The quantitative estimate of drug-likeness (QED) is 0.108. The highest BCUT2D eigenvalue weighted by Crippen LogP contribution is 2.28. The molecule has 53 heavy (non-hydrogen) atoms. The summed E-state index contributed by atoms with van der Waals surface area (Å²) in [5.74, 6) is -1.97. The molecule has 0 bridgehead atoms. The van der Waals surface area contributed by atoms with Crippen LogP contribution in [0.5, 0.6) is 5.88 Å². The molecule has 0 aliphatic rings. The van der Waals surface area contributed by atoms with Crippen molar-refractivity contribution in [1.29, 1.82) is 0 Å². The maximum absolute atomic E-state index is 14.1. The van der Waals surface area contributed by atoms with Gasteiger partial charge in [-0.25, -0.2) is 28.1 Å². The minimum Gasteiger partial charge on any atom is -0.479 e. The van der Waals surface area contributed by atoms with Crippen molar-refractivity contribution in [1.82, 2.24) is 49.8 Å². The molecule has 0 aliphatic heterocycles. The summed E-state index contributed by atoms with van der Waals surface area (Å²) in [6.45, 7) is 0.316. The molecule has 0 saturated carbocycles. The Morgan fingerprint density at radius 3 is 1.57 bits per heavy atom. The summed E-state index contributed by atoms with van der Waals surface area (Å²) < 4.78 is 72.8. The summed E-state index contributed by atoms with van der Waals surface area (Å²) in [5, 5.41) is 16.3. The standard InChI is InChI=1S/C18H13F2N5O2.C17H10ClF2N5O/c1-26-18-13(20)9-21-17(22-18)15-8-16(14-6-7-27-24-14)25(23-15)10-11-4-2-3-5-12(11)19;18-16-12(20)8-21-17(22-16)14-7-15(13-5-6-26-24-13)25(23-14)9-10-3-1-2-4-11(10)19/h2-9H,10H2,1H3;1-8H,9H2. The van der Waals surface area contributed by atoms with Gasteiger partial charge in [-0.3, -0.25) is 9.36 Å². The molecule has 13 nitrogen and oxygen atoms in total. The first kappa shape index (κ1) is 34.7. The number of aromatic nitrogens is 10. The largest absolute Gasteiger partial charge is 0.479 e. The van der Waals surface area contributed by atoms with Crippen molar-refractivity contribution in [3.8, 4) is 51.7 Å². The second kappa shape index (κ2) is 15.2. The molecule has 0 fully saturated rings.